The number of hydrogen-bond donors (Lipinski definition) is 3. The number of benzene rings is 2. The minimum Gasteiger partial charge on any atom is -0.508 e. The number of phenolic OH excluding ortho intramolecular Hbond substituents is 1. The summed E-state index contributed by atoms with van der Waals surface area (Å²) in [6.45, 7) is 2.60. The Balaban J connectivity index is 1.95. The van der Waals surface area contributed by atoms with Gasteiger partial charge in [0, 0.05) is 12.6 Å². The van der Waals surface area contributed by atoms with Crippen molar-refractivity contribution in [3.63, 3.8) is 0 Å². The van der Waals surface area contributed by atoms with Gasteiger partial charge in [-0.1, -0.05) is 49.4 Å². The van der Waals surface area contributed by atoms with Crippen molar-refractivity contribution in [2.45, 2.75) is 25.5 Å². The Morgan fingerprint density at radius 2 is 1.60 bits per heavy atom. The van der Waals surface area contributed by atoms with Gasteiger partial charge in [0.15, 0.2) is 0 Å². The van der Waals surface area contributed by atoms with Gasteiger partial charge in [0.25, 0.3) is 0 Å². The molecular formula is C17H21NO2. The minimum atomic E-state index is -0.512. The molecule has 20 heavy (non-hydrogen) atoms. The van der Waals surface area contributed by atoms with Crippen LogP contribution in [0.4, 0.5) is 0 Å². The van der Waals surface area contributed by atoms with Gasteiger partial charge in [0.1, 0.15) is 5.75 Å². The van der Waals surface area contributed by atoms with Crippen LogP contribution in [0.15, 0.2) is 54.6 Å². The van der Waals surface area contributed by atoms with E-state index in [2.05, 4.69) is 12.2 Å². The first-order valence-electron chi connectivity index (χ1n) is 6.96. The van der Waals surface area contributed by atoms with Crippen molar-refractivity contribution < 1.29 is 10.2 Å². The largest absolute Gasteiger partial charge is 0.508 e. The van der Waals surface area contributed by atoms with E-state index in [0.29, 0.717) is 6.54 Å². The summed E-state index contributed by atoms with van der Waals surface area (Å²) >= 11 is 0. The molecule has 2 aromatic rings. The van der Waals surface area contributed by atoms with E-state index in [1.807, 2.05) is 42.5 Å². The summed E-state index contributed by atoms with van der Waals surface area (Å²) in [6, 6.07) is 17.0. The van der Waals surface area contributed by atoms with Crippen LogP contribution in [0.3, 0.4) is 0 Å². The summed E-state index contributed by atoms with van der Waals surface area (Å²) in [5.41, 5.74) is 2.03. The van der Waals surface area contributed by atoms with Crippen LogP contribution in [0.1, 0.15) is 36.6 Å². The Labute approximate surface area is 119 Å². The molecule has 0 saturated carbocycles. The van der Waals surface area contributed by atoms with Crippen molar-refractivity contribution >= 4 is 0 Å². The van der Waals surface area contributed by atoms with Crippen LogP contribution in [-0.4, -0.2) is 16.8 Å². The van der Waals surface area contributed by atoms with Crippen LogP contribution >= 0.6 is 0 Å². The summed E-state index contributed by atoms with van der Waals surface area (Å²) in [6.07, 6.45) is 0.411. The number of aliphatic hydroxyl groups excluding tert-OH is 1. The molecule has 0 aliphatic carbocycles. The monoisotopic (exact) mass is 271 g/mol. The lowest BCUT2D eigenvalue weighted by Gasteiger charge is -2.20. The van der Waals surface area contributed by atoms with E-state index in [9.17, 15) is 10.2 Å². The Hall–Kier alpha value is -1.84. The van der Waals surface area contributed by atoms with Crippen LogP contribution in [0.25, 0.3) is 0 Å². The van der Waals surface area contributed by atoms with Gasteiger partial charge in [-0.15, -0.1) is 0 Å². The molecule has 0 aromatic heterocycles. The van der Waals surface area contributed by atoms with Crippen molar-refractivity contribution in [1.82, 2.24) is 5.32 Å². The fourth-order valence-electron chi connectivity index (χ4n) is 2.25. The number of aromatic hydroxyl groups is 1. The van der Waals surface area contributed by atoms with Gasteiger partial charge >= 0.3 is 0 Å². The van der Waals surface area contributed by atoms with Gasteiger partial charge in [0.2, 0.25) is 0 Å². The van der Waals surface area contributed by atoms with Crippen molar-refractivity contribution in [2.24, 2.45) is 0 Å². The van der Waals surface area contributed by atoms with E-state index in [-0.39, 0.29) is 11.8 Å². The summed E-state index contributed by atoms with van der Waals surface area (Å²) in [7, 11) is 0. The highest BCUT2D eigenvalue weighted by Gasteiger charge is 2.12. The lowest BCUT2D eigenvalue weighted by Crippen LogP contribution is -2.26. The first-order chi connectivity index (χ1) is 9.70. The zero-order valence-electron chi connectivity index (χ0n) is 11.7. The Kier molecular flexibility index (Phi) is 5.16. The maximum atomic E-state index is 10.2. The maximum absolute atomic E-state index is 10.2. The van der Waals surface area contributed by atoms with Gasteiger partial charge in [-0.05, 0) is 29.7 Å². The molecule has 3 N–H and O–H groups in total. The molecule has 0 radical (unpaired) electrons. The molecule has 2 aromatic carbocycles. The standard InChI is InChI=1S/C17H21NO2/c1-2-16(13-8-10-15(19)11-9-13)18-12-17(20)14-6-4-3-5-7-14/h3-11,16-20H,2,12H2,1H3. The van der Waals surface area contributed by atoms with Crippen LogP contribution in [0, 0.1) is 0 Å². The molecule has 2 unspecified atom stereocenters. The third-order valence-electron chi connectivity index (χ3n) is 3.45. The minimum absolute atomic E-state index is 0.175. The second-order valence-corrected chi connectivity index (χ2v) is 4.89. The van der Waals surface area contributed by atoms with Crippen LogP contribution in [0.2, 0.25) is 0 Å². The van der Waals surface area contributed by atoms with Crippen molar-refractivity contribution in [1.29, 1.82) is 0 Å². The molecule has 3 heteroatoms. The predicted molar refractivity (Wildman–Crippen MR) is 80.5 cm³/mol. The molecule has 106 valence electrons. The molecule has 0 spiro atoms. The lowest BCUT2D eigenvalue weighted by atomic mass is 10.0. The van der Waals surface area contributed by atoms with E-state index in [1.165, 1.54) is 0 Å². The molecule has 2 rings (SSSR count). The van der Waals surface area contributed by atoms with Crippen LogP contribution in [-0.2, 0) is 0 Å². The van der Waals surface area contributed by atoms with Gasteiger partial charge in [-0.3, -0.25) is 0 Å². The highest BCUT2D eigenvalue weighted by atomic mass is 16.3. The van der Waals surface area contributed by atoms with Crippen LogP contribution < -0.4 is 5.32 Å². The summed E-state index contributed by atoms with van der Waals surface area (Å²) in [4.78, 5) is 0. The van der Waals surface area contributed by atoms with E-state index < -0.39 is 6.10 Å². The van der Waals surface area contributed by atoms with Crippen LogP contribution in [0.5, 0.6) is 5.75 Å². The van der Waals surface area contributed by atoms with Gasteiger partial charge in [-0.2, -0.15) is 0 Å². The quantitative estimate of drug-likeness (QED) is 0.756. The molecule has 0 heterocycles. The third kappa shape index (κ3) is 3.83. The topological polar surface area (TPSA) is 52.5 Å². The van der Waals surface area contributed by atoms with Crippen molar-refractivity contribution in [2.75, 3.05) is 6.54 Å². The Morgan fingerprint density at radius 3 is 2.20 bits per heavy atom. The second kappa shape index (κ2) is 7.08. The lowest BCUT2D eigenvalue weighted by molar-refractivity contribution is 0.169. The fraction of sp³-hybridized carbons (Fsp3) is 0.294. The zero-order valence-corrected chi connectivity index (χ0v) is 11.7. The molecule has 0 amide bonds. The highest BCUT2D eigenvalue weighted by molar-refractivity contribution is 5.28. The molecule has 3 nitrogen and oxygen atoms in total. The Morgan fingerprint density at radius 1 is 0.950 bits per heavy atom. The number of nitrogens with one attached hydrogen (secondary N) is 1. The van der Waals surface area contributed by atoms with Gasteiger partial charge in [-0.25, -0.2) is 0 Å². The number of aliphatic hydroxyl groups is 1. The van der Waals surface area contributed by atoms with E-state index in [1.54, 1.807) is 12.1 Å². The number of phenols is 1. The first kappa shape index (κ1) is 14.6. The summed E-state index contributed by atoms with van der Waals surface area (Å²) in [5.74, 6) is 0.271. The summed E-state index contributed by atoms with van der Waals surface area (Å²) in [5, 5.41) is 22.8. The molecule has 0 bridgehead atoms. The van der Waals surface area contributed by atoms with Crippen molar-refractivity contribution in [3.8, 4) is 5.75 Å². The zero-order chi connectivity index (χ0) is 14.4. The van der Waals surface area contributed by atoms with E-state index in [4.69, 9.17) is 0 Å². The van der Waals surface area contributed by atoms with E-state index >= 15 is 0 Å². The fourth-order valence-corrected chi connectivity index (χ4v) is 2.25. The average Bonchev–Trinajstić information content (AvgIpc) is 2.50. The van der Waals surface area contributed by atoms with Crippen molar-refractivity contribution in [3.05, 3.63) is 65.7 Å². The van der Waals surface area contributed by atoms with Gasteiger partial charge < -0.3 is 15.5 Å². The molecule has 0 aliphatic heterocycles. The Bertz CT molecular complexity index is 510. The van der Waals surface area contributed by atoms with E-state index in [0.717, 1.165) is 17.5 Å². The highest BCUT2D eigenvalue weighted by Crippen LogP contribution is 2.20. The molecule has 0 saturated heterocycles. The first-order valence-corrected chi connectivity index (χ1v) is 6.96. The third-order valence-corrected chi connectivity index (χ3v) is 3.45. The predicted octanol–water partition coefficient (Wildman–Crippen LogP) is 3.17. The molecule has 2 atom stereocenters. The maximum Gasteiger partial charge on any atom is 0.115 e. The average molecular weight is 271 g/mol. The number of rotatable bonds is 6. The normalized spacial score (nSPS) is 13.9. The SMILES string of the molecule is CCC(NCC(O)c1ccccc1)c1ccc(O)cc1. The van der Waals surface area contributed by atoms with Gasteiger partial charge in [0.05, 0.1) is 6.10 Å². The molecular weight excluding hydrogens is 250 g/mol. The summed E-state index contributed by atoms with van der Waals surface area (Å²) < 4.78 is 0. The number of hydrogen-bond acceptors (Lipinski definition) is 3. The smallest absolute Gasteiger partial charge is 0.115 e. The molecule has 0 fully saturated rings. The molecule has 0 aliphatic rings. The second-order valence-electron chi connectivity index (χ2n) is 4.89.